The number of likely N-dealkylation sites (N-methyl/N-ethyl adjacent to an activating group) is 2. The van der Waals surface area contributed by atoms with Gasteiger partial charge in [-0.1, -0.05) is 12.2 Å². The molecule has 1 heterocycles. The smallest absolute Gasteiger partial charge is 0.128 e. The lowest BCUT2D eigenvalue weighted by Gasteiger charge is -2.50. The van der Waals surface area contributed by atoms with Gasteiger partial charge in [0.25, 0.3) is 0 Å². The Hall–Kier alpha value is 1.12. The minimum Gasteiger partial charge on any atom is -1.00 e. The molecule has 3 aliphatic rings. The second-order valence-corrected chi connectivity index (χ2v) is 8.44. The highest BCUT2D eigenvalue weighted by Crippen LogP contribution is 2.60. The van der Waals surface area contributed by atoms with Crippen LogP contribution in [0.1, 0.15) is 19.3 Å². The number of rotatable bonds is 3. The van der Waals surface area contributed by atoms with Crippen molar-refractivity contribution in [1.82, 2.24) is 0 Å². The summed E-state index contributed by atoms with van der Waals surface area (Å²) < 4.78 is 2.44. The van der Waals surface area contributed by atoms with Crippen LogP contribution >= 0.6 is 0 Å². The van der Waals surface area contributed by atoms with Gasteiger partial charge in [0.05, 0.1) is 41.3 Å². The maximum absolute atomic E-state index is 2.54. The SMILES string of the molecule is C[N+](C)(C)CC[N+]1(C)CC2CC=CC3CCC32C1.[I-].[I-]. The van der Waals surface area contributed by atoms with Gasteiger partial charge in [0.15, 0.2) is 0 Å². The van der Waals surface area contributed by atoms with Crippen LogP contribution < -0.4 is 48.0 Å². The van der Waals surface area contributed by atoms with Gasteiger partial charge in [-0.05, 0) is 25.2 Å². The second-order valence-electron chi connectivity index (χ2n) is 8.44. The first-order chi connectivity index (χ1) is 8.33. The average Bonchev–Trinajstić information content (AvgIpc) is 2.56. The Kier molecular flexibility index (Phi) is 6.06. The molecule has 0 aromatic heterocycles. The molecule has 1 spiro atoms. The molecular formula is C16H30I2N2. The van der Waals surface area contributed by atoms with E-state index in [0.717, 1.165) is 16.3 Å². The van der Waals surface area contributed by atoms with Gasteiger partial charge < -0.3 is 56.9 Å². The Morgan fingerprint density at radius 3 is 2.45 bits per heavy atom. The molecule has 1 saturated heterocycles. The van der Waals surface area contributed by atoms with Gasteiger partial charge >= 0.3 is 0 Å². The molecule has 4 heteroatoms. The quantitative estimate of drug-likeness (QED) is 0.210. The molecule has 3 rings (SSSR count). The maximum Gasteiger partial charge on any atom is 0.128 e. The number of hydrogen-bond acceptors (Lipinski definition) is 0. The van der Waals surface area contributed by atoms with E-state index in [2.05, 4.69) is 40.3 Å². The molecule has 118 valence electrons. The maximum atomic E-state index is 2.54. The molecule has 20 heavy (non-hydrogen) atoms. The highest BCUT2D eigenvalue weighted by Gasteiger charge is 2.61. The van der Waals surface area contributed by atoms with Gasteiger partial charge in [-0.3, -0.25) is 0 Å². The van der Waals surface area contributed by atoms with E-state index in [1.54, 1.807) is 0 Å². The lowest BCUT2D eigenvalue weighted by molar-refractivity contribution is -0.944. The third-order valence-corrected chi connectivity index (χ3v) is 5.91. The van der Waals surface area contributed by atoms with E-state index in [9.17, 15) is 0 Å². The van der Waals surface area contributed by atoms with Gasteiger partial charge in [0, 0.05) is 11.3 Å². The lowest BCUT2D eigenvalue weighted by Crippen LogP contribution is -3.00. The Balaban J connectivity index is 0.000001000. The molecule has 0 aromatic rings. The van der Waals surface area contributed by atoms with Gasteiger partial charge in [-0.2, -0.15) is 0 Å². The number of halogens is 2. The molecule has 0 radical (unpaired) electrons. The molecule has 0 N–H and O–H groups in total. The van der Waals surface area contributed by atoms with Crippen LogP contribution in [0.15, 0.2) is 12.2 Å². The van der Waals surface area contributed by atoms with Gasteiger partial charge in [0.2, 0.25) is 0 Å². The number of quaternary nitrogens is 2. The van der Waals surface area contributed by atoms with E-state index in [1.165, 1.54) is 49.9 Å². The van der Waals surface area contributed by atoms with E-state index >= 15 is 0 Å². The molecule has 1 aliphatic heterocycles. The van der Waals surface area contributed by atoms with Crippen molar-refractivity contribution in [2.24, 2.45) is 17.3 Å². The lowest BCUT2D eigenvalue weighted by atomic mass is 9.53. The summed E-state index contributed by atoms with van der Waals surface area (Å²) in [5.41, 5.74) is 0.717. The zero-order valence-electron chi connectivity index (χ0n) is 13.4. The molecule has 1 saturated carbocycles. The van der Waals surface area contributed by atoms with Crippen LogP contribution in [0, 0.1) is 17.3 Å². The van der Waals surface area contributed by atoms with E-state index in [4.69, 9.17) is 0 Å². The topological polar surface area (TPSA) is 0 Å². The number of nitrogens with zero attached hydrogens (tertiary/aromatic N) is 2. The van der Waals surface area contributed by atoms with Crippen molar-refractivity contribution in [2.45, 2.75) is 19.3 Å². The van der Waals surface area contributed by atoms with E-state index < -0.39 is 0 Å². The molecule has 2 aliphatic carbocycles. The normalized spacial score (nSPS) is 41.8. The minimum absolute atomic E-state index is 0. The highest BCUT2D eigenvalue weighted by molar-refractivity contribution is 5.15. The number of hydrogen-bond donors (Lipinski definition) is 0. The van der Waals surface area contributed by atoms with Crippen LogP contribution in [-0.2, 0) is 0 Å². The van der Waals surface area contributed by atoms with E-state index in [-0.39, 0.29) is 48.0 Å². The first-order valence-corrected chi connectivity index (χ1v) is 7.64. The Morgan fingerprint density at radius 2 is 1.95 bits per heavy atom. The van der Waals surface area contributed by atoms with Gasteiger partial charge in [-0.25, -0.2) is 0 Å². The summed E-state index contributed by atoms with van der Waals surface area (Å²) in [6.07, 6.45) is 9.33. The number of allylic oxidation sites excluding steroid dienone is 2. The van der Waals surface area contributed by atoms with Crippen molar-refractivity contribution in [3.05, 3.63) is 12.2 Å². The molecule has 0 amide bonds. The van der Waals surface area contributed by atoms with Crippen molar-refractivity contribution in [3.8, 4) is 0 Å². The van der Waals surface area contributed by atoms with Crippen molar-refractivity contribution < 1.29 is 56.9 Å². The zero-order chi connectivity index (χ0) is 13.0. The molecule has 4 atom stereocenters. The fourth-order valence-corrected chi connectivity index (χ4v) is 4.72. The Bertz CT molecular complexity index is 377. The fraction of sp³-hybridized carbons (Fsp3) is 0.875. The predicted molar refractivity (Wildman–Crippen MR) is 76.1 cm³/mol. The largest absolute Gasteiger partial charge is 1.00 e. The second kappa shape index (κ2) is 6.32. The van der Waals surface area contributed by atoms with Crippen LogP contribution in [0.4, 0.5) is 0 Å². The third-order valence-electron chi connectivity index (χ3n) is 5.91. The molecule has 4 unspecified atom stereocenters. The van der Waals surface area contributed by atoms with Crippen molar-refractivity contribution in [3.63, 3.8) is 0 Å². The summed E-state index contributed by atoms with van der Waals surface area (Å²) >= 11 is 0. The summed E-state index contributed by atoms with van der Waals surface area (Å²) in [5, 5.41) is 0. The van der Waals surface area contributed by atoms with Crippen LogP contribution in [0.25, 0.3) is 0 Å². The minimum atomic E-state index is 0. The standard InChI is InChI=1S/C16H30N2.2HI/c1-17(2,3)10-11-18(4)12-15-7-5-6-14-8-9-16(14,15)13-18;;/h5-6,14-15H,7-13H2,1-4H3;2*1H/q+2;;/p-2. The molecule has 0 bridgehead atoms. The van der Waals surface area contributed by atoms with Crippen LogP contribution in [0.3, 0.4) is 0 Å². The third kappa shape index (κ3) is 3.38. The Labute approximate surface area is 159 Å². The zero-order valence-corrected chi connectivity index (χ0v) is 17.7. The summed E-state index contributed by atoms with van der Waals surface area (Å²) in [6, 6.07) is 0. The summed E-state index contributed by atoms with van der Waals surface area (Å²) in [7, 11) is 9.47. The predicted octanol–water partition coefficient (Wildman–Crippen LogP) is -3.87. The summed E-state index contributed by atoms with van der Waals surface area (Å²) in [5.74, 6) is 1.92. The summed E-state index contributed by atoms with van der Waals surface area (Å²) in [4.78, 5) is 0. The summed E-state index contributed by atoms with van der Waals surface area (Å²) in [6.45, 7) is 5.54. The molecule has 0 aromatic carbocycles. The van der Waals surface area contributed by atoms with Crippen LogP contribution in [0.5, 0.6) is 0 Å². The molecular weight excluding hydrogens is 474 g/mol. The highest BCUT2D eigenvalue weighted by atomic mass is 127. The van der Waals surface area contributed by atoms with Gasteiger partial charge in [0.1, 0.15) is 13.1 Å². The average molecular weight is 504 g/mol. The number of likely N-dealkylation sites (tertiary alicyclic amines) is 1. The fourth-order valence-electron chi connectivity index (χ4n) is 4.72. The van der Waals surface area contributed by atoms with Crippen molar-refractivity contribution in [1.29, 1.82) is 0 Å². The Morgan fingerprint density at radius 1 is 1.25 bits per heavy atom. The molecule has 2 fully saturated rings. The van der Waals surface area contributed by atoms with E-state index in [0.29, 0.717) is 5.41 Å². The van der Waals surface area contributed by atoms with Crippen molar-refractivity contribution in [2.75, 3.05) is 54.4 Å². The van der Waals surface area contributed by atoms with Crippen molar-refractivity contribution >= 4 is 0 Å². The van der Waals surface area contributed by atoms with Crippen LogP contribution in [0.2, 0.25) is 0 Å². The van der Waals surface area contributed by atoms with E-state index in [1.807, 2.05) is 0 Å². The first-order valence-electron chi connectivity index (χ1n) is 7.64. The first kappa shape index (κ1) is 19.2. The van der Waals surface area contributed by atoms with Gasteiger partial charge in [-0.15, -0.1) is 0 Å². The van der Waals surface area contributed by atoms with Crippen LogP contribution in [-0.4, -0.2) is 63.3 Å². The molecule has 2 nitrogen and oxygen atoms in total. The monoisotopic (exact) mass is 504 g/mol.